The molecule has 2 heterocycles. The molecule has 2 rings (SSSR count). The molecule has 4 nitrogen and oxygen atoms in total. The highest BCUT2D eigenvalue weighted by Crippen LogP contribution is 2.35. The molecule has 0 spiro atoms. The van der Waals surface area contributed by atoms with E-state index < -0.39 is 0 Å². The van der Waals surface area contributed by atoms with Gasteiger partial charge in [-0.15, -0.1) is 0 Å². The highest BCUT2D eigenvalue weighted by Gasteiger charge is 2.41. The zero-order valence-electron chi connectivity index (χ0n) is 10.9. The second-order valence-electron chi connectivity index (χ2n) is 5.26. The van der Waals surface area contributed by atoms with Crippen LogP contribution in [0.4, 0.5) is 0 Å². The maximum absolute atomic E-state index is 11.4. The van der Waals surface area contributed by atoms with Gasteiger partial charge in [-0.05, 0) is 38.6 Å². The molecule has 0 amide bonds. The normalized spacial score (nSPS) is 32.7. The molecule has 2 bridgehead atoms. The summed E-state index contributed by atoms with van der Waals surface area (Å²) in [6, 6.07) is 1.82. The van der Waals surface area contributed by atoms with Crippen molar-refractivity contribution in [2.75, 3.05) is 20.2 Å². The van der Waals surface area contributed by atoms with Gasteiger partial charge in [0.1, 0.15) is 0 Å². The highest BCUT2D eigenvalue weighted by atomic mass is 16.5. The molecule has 2 aliphatic heterocycles. The Bertz CT molecular complexity index is 256. The number of carbonyl (C=O) groups is 1. The Morgan fingerprint density at radius 2 is 2.00 bits per heavy atom. The maximum atomic E-state index is 11.4. The van der Waals surface area contributed by atoms with Crippen molar-refractivity contribution in [1.29, 1.82) is 0 Å². The number of rotatable bonds is 5. The van der Waals surface area contributed by atoms with Crippen molar-refractivity contribution in [3.63, 3.8) is 0 Å². The first-order chi connectivity index (χ1) is 8.24. The molecule has 98 valence electrons. The molecule has 17 heavy (non-hydrogen) atoms. The number of piperidine rings is 1. The summed E-state index contributed by atoms with van der Waals surface area (Å²) >= 11 is 0. The minimum atomic E-state index is -0.0955. The number of methoxy groups -OCH3 is 1. The Hall–Kier alpha value is -0.610. The second-order valence-corrected chi connectivity index (χ2v) is 5.26. The van der Waals surface area contributed by atoms with E-state index >= 15 is 0 Å². The molecule has 0 aromatic heterocycles. The lowest BCUT2D eigenvalue weighted by Crippen LogP contribution is -2.50. The monoisotopic (exact) mass is 240 g/mol. The molecule has 0 saturated carbocycles. The van der Waals surface area contributed by atoms with E-state index in [1.54, 1.807) is 0 Å². The van der Waals surface area contributed by atoms with E-state index in [1.807, 2.05) is 0 Å². The van der Waals surface area contributed by atoms with Crippen LogP contribution < -0.4 is 5.32 Å². The molecule has 1 N–H and O–H groups in total. The largest absolute Gasteiger partial charge is 0.468 e. The van der Waals surface area contributed by atoms with Gasteiger partial charge in [0.05, 0.1) is 13.7 Å². The van der Waals surface area contributed by atoms with Crippen LogP contribution in [0, 0.1) is 0 Å². The van der Waals surface area contributed by atoms with Crippen LogP contribution >= 0.6 is 0 Å². The summed E-state index contributed by atoms with van der Waals surface area (Å²) < 4.78 is 4.77. The minimum absolute atomic E-state index is 0.0955. The Kier molecular flexibility index (Phi) is 4.40. The van der Waals surface area contributed by atoms with Gasteiger partial charge >= 0.3 is 5.97 Å². The van der Waals surface area contributed by atoms with Crippen LogP contribution in [0.1, 0.15) is 39.0 Å². The summed E-state index contributed by atoms with van der Waals surface area (Å²) in [4.78, 5) is 13.7. The van der Waals surface area contributed by atoms with Crippen molar-refractivity contribution in [3.05, 3.63) is 0 Å². The molecule has 0 radical (unpaired) electrons. The van der Waals surface area contributed by atoms with Crippen molar-refractivity contribution in [2.45, 2.75) is 57.2 Å². The van der Waals surface area contributed by atoms with E-state index in [9.17, 15) is 4.79 Å². The molecular formula is C13H24N2O2. The van der Waals surface area contributed by atoms with Crippen molar-refractivity contribution in [1.82, 2.24) is 10.2 Å². The van der Waals surface area contributed by atoms with Crippen molar-refractivity contribution < 1.29 is 9.53 Å². The molecular weight excluding hydrogens is 216 g/mol. The van der Waals surface area contributed by atoms with Crippen LogP contribution in [-0.4, -0.2) is 49.2 Å². The van der Waals surface area contributed by atoms with Crippen LogP contribution in [-0.2, 0) is 9.53 Å². The molecule has 2 aliphatic rings. The van der Waals surface area contributed by atoms with Crippen molar-refractivity contribution in [3.8, 4) is 0 Å². The predicted molar refractivity (Wildman–Crippen MR) is 66.8 cm³/mol. The number of carbonyl (C=O) groups excluding carboxylic acids is 1. The van der Waals surface area contributed by atoms with E-state index in [1.165, 1.54) is 39.2 Å². The molecule has 2 saturated heterocycles. The minimum Gasteiger partial charge on any atom is -0.468 e. The first-order valence-corrected chi connectivity index (χ1v) is 6.80. The Morgan fingerprint density at radius 3 is 2.53 bits per heavy atom. The van der Waals surface area contributed by atoms with Gasteiger partial charge in [-0.2, -0.15) is 0 Å². The van der Waals surface area contributed by atoms with Crippen molar-refractivity contribution in [2.24, 2.45) is 0 Å². The number of esters is 1. The molecule has 0 aliphatic carbocycles. The quantitative estimate of drug-likeness (QED) is 0.732. The van der Waals surface area contributed by atoms with Gasteiger partial charge in [-0.3, -0.25) is 9.69 Å². The van der Waals surface area contributed by atoms with Gasteiger partial charge in [0.25, 0.3) is 0 Å². The van der Waals surface area contributed by atoms with E-state index in [-0.39, 0.29) is 5.97 Å². The fraction of sp³-hybridized carbons (Fsp3) is 0.923. The Balaban J connectivity index is 1.86. The number of hydrogen-bond donors (Lipinski definition) is 1. The lowest BCUT2D eigenvalue weighted by molar-refractivity contribution is -0.143. The fourth-order valence-corrected chi connectivity index (χ4v) is 3.26. The first-order valence-electron chi connectivity index (χ1n) is 6.80. The summed E-state index contributed by atoms with van der Waals surface area (Å²) in [5, 5.41) is 3.62. The summed E-state index contributed by atoms with van der Waals surface area (Å²) in [6.07, 6.45) is 6.05. The lowest BCUT2D eigenvalue weighted by Gasteiger charge is -2.38. The summed E-state index contributed by atoms with van der Waals surface area (Å²) in [5.74, 6) is -0.0955. The van der Waals surface area contributed by atoms with Crippen molar-refractivity contribution >= 4 is 5.97 Å². The number of nitrogens with one attached hydrogen (secondary N) is 1. The molecule has 2 fully saturated rings. The third-order valence-corrected chi connectivity index (χ3v) is 4.11. The second kappa shape index (κ2) is 5.83. The number of nitrogens with zero attached hydrogens (tertiary/aromatic N) is 1. The third kappa shape index (κ3) is 2.99. The topological polar surface area (TPSA) is 41.6 Å². The van der Waals surface area contributed by atoms with Crippen LogP contribution in [0.5, 0.6) is 0 Å². The number of fused-ring (bicyclic) bond motifs is 2. The summed E-state index contributed by atoms with van der Waals surface area (Å²) in [7, 11) is 1.47. The molecule has 4 heteroatoms. The van der Waals surface area contributed by atoms with Gasteiger partial charge < -0.3 is 10.1 Å². The van der Waals surface area contributed by atoms with Gasteiger partial charge in [0.15, 0.2) is 0 Å². The van der Waals surface area contributed by atoms with E-state index in [0.717, 1.165) is 6.54 Å². The number of hydrogen-bond acceptors (Lipinski definition) is 4. The van der Waals surface area contributed by atoms with E-state index in [4.69, 9.17) is 4.74 Å². The molecule has 2 unspecified atom stereocenters. The zero-order chi connectivity index (χ0) is 12.3. The first kappa shape index (κ1) is 12.8. The summed E-state index contributed by atoms with van der Waals surface area (Å²) in [5.41, 5.74) is 0. The fourth-order valence-electron chi connectivity index (χ4n) is 3.26. The van der Waals surface area contributed by atoms with Crippen LogP contribution in [0.15, 0.2) is 0 Å². The summed E-state index contributed by atoms with van der Waals surface area (Å²) in [6.45, 7) is 3.79. The van der Waals surface area contributed by atoms with E-state index in [0.29, 0.717) is 24.7 Å². The zero-order valence-corrected chi connectivity index (χ0v) is 10.9. The van der Waals surface area contributed by atoms with Crippen LogP contribution in [0.25, 0.3) is 0 Å². The standard InChI is InChI=1S/C13H24N2O2/c1-3-6-14-10-7-11-4-5-12(8-10)15(11)9-13(16)17-2/h10-12,14H,3-9H2,1-2H3. The van der Waals surface area contributed by atoms with E-state index in [2.05, 4.69) is 17.1 Å². The average Bonchev–Trinajstić information content (AvgIpc) is 2.58. The number of ether oxygens (including phenoxy) is 1. The van der Waals surface area contributed by atoms with Crippen LogP contribution in [0.3, 0.4) is 0 Å². The van der Waals surface area contributed by atoms with Gasteiger partial charge in [0, 0.05) is 18.1 Å². The smallest absolute Gasteiger partial charge is 0.319 e. The maximum Gasteiger partial charge on any atom is 0.319 e. The van der Waals surface area contributed by atoms with Gasteiger partial charge in [0.2, 0.25) is 0 Å². The SMILES string of the molecule is CCCNC1CC2CCC(C1)N2CC(=O)OC. The molecule has 0 aromatic rings. The predicted octanol–water partition coefficient (Wildman–Crippen LogP) is 1.15. The van der Waals surface area contributed by atoms with Crippen LogP contribution in [0.2, 0.25) is 0 Å². The highest BCUT2D eigenvalue weighted by molar-refractivity contribution is 5.71. The Morgan fingerprint density at radius 1 is 1.35 bits per heavy atom. The molecule has 2 atom stereocenters. The Labute approximate surface area is 104 Å². The average molecular weight is 240 g/mol. The lowest BCUT2D eigenvalue weighted by atomic mass is 9.97. The van der Waals surface area contributed by atoms with Gasteiger partial charge in [-0.25, -0.2) is 0 Å². The van der Waals surface area contributed by atoms with Gasteiger partial charge in [-0.1, -0.05) is 6.92 Å². The third-order valence-electron chi connectivity index (χ3n) is 4.11. The molecule has 0 aromatic carbocycles.